The number of hydrogen-bond donors (Lipinski definition) is 1. The van der Waals surface area contributed by atoms with Crippen molar-refractivity contribution in [2.45, 2.75) is 23.9 Å². The SMILES string of the molecule is Cc1ccc(=O)n(C2COCC2NS(=O)(=O)c2cccc3cccnc23)n1. The van der Waals surface area contributed by atoms with Crippen molar-refractivity contribution in [3.05, 3.63) is 64.7 Å². The molecule has 1 saturated heterocycles. The second-order valence-corrected chi connectivity index (χ2v) is 8.10. The Kier molecular flexibility index (Phi) is 4.50. The zero-order chi connectivity index (χ0) is 19.0. The van der Waals surface area contributed by atoms with Gasteiger partial charge < -0.3 is 4.74 Å². The highest BCUT2D eigenvalue weighted by Crippen LogP contribution is 2.24. The molecule has 0 spiro atoms. The van der Waals surface area contributed by atoms with Crippen molar-refractivity contribution in [2.75, 3.05) is 13.2 Å². The van der Waals surface area contributed by atoms with Crippen LogP contribution in [0.3, 0.4) is 0 Å². The predicted octanol–water partition coefficient (Wildman–Crippen LogP) is 1.02. The summed E-state index contributed by atoms with van der Waals surface area (Å²) in [5.74, 6) is 0. The summed E-state index contributed by atoms with van der Waals surface area (Å²) in [6.45, 7) is 2.13. The van der Waals surface area contributed by atoms with Crippen LogP contribution in [-0.4, -0.2) is 42.4 Å². The standard InChI is InChI=1S/C18H18N4O4S/c1-12-7-8-17(23)22(20-12)15-11-26-10-14(15)21-27(24,25)16-6-2-4-13-5-3-9-19-18(13)16/h2-9,14-15,21H,10-11H2,1H3. The summed E-state index contributed by atoms with van der Waals surface area (Å²) in [4.78, 5) is 16.5. The predicted molar refractivity (Wildman–Crippen MR) is 98.9 cm³/mol. The quantitative estimate of drug-likeness (QED) is 0.718. The Morgan fingerprint density at radius 1 is 1.15 bits per heavy atom. The maximum Gasteiger partial charge on any atom is 0.267 e. The fourth-order valence-corrected chi connectivity index (χ4v) is 4.64. The van der Waals surface area contributed by atoms with Crippen LogP contribution in [0.15, 0.2) is 58.4 Å². The first-order chi connectivity index (χ1) is 13.0. The lowest BCUT2D eigenvalue weighted by molar-refractivity contribution is 0.181. The number of sulfonamides is 1. The molecule has 0 amide bonds. The second-order valence-electron chi connectivity index (χ2n) is 6.42. The molecular weight excluding hydrogens is 368 g/mol. The van der Waals surface area contributed by atoms with Gasteiger partial charge >= 0.3 is 0 Å². The summed E-state index contributed by atoms with van der Waals surface area (Å²) >= 11 is 0. The lowest BCUT2D eigenvalue weighted by Gasteiger charge is -2.20. The van der Waals surface area contributed by atoms with Crippen molar-refractivity contribution in [3.8, 4) is 0 Å². The molecule has 8 nitrogen and oxygen atoms in total. The van der Waals surface area contributed by atoms with E-state index in [2.05, 4.69) is 14.8 Å². The average Bonchev–Trinajstić information content (AvgIpc) is 3.10. The zero-order valence-electron chi connectivity index (χ0n) is 14.6. The van der Waals surface area contributed by atoms with E-state index >= 15 is 0 Å². The molecule has 3 aromatic rings. The molecule has 4 rings (SSSR count). The van der Waals surface area contributed by atoms with E-state index < -0.39 is 22.1 Å². The number of aromatic nitrogens is 3. The minimum absolute atomic E-state index is 0.0933. The number of benzene rings is 1. The Labute approximate surface area is 155 Å². The molecule has 2 unspecified atom stereocenters. The Morgan fingerprint density at radius 3 is 2.81 bits per heavy atom. The summed E-state index contributed by atoms with van der Waals surface area (Å²) in [5, 5.41) is 4.97. The number of para-hydroxylation sites is 1. The van der Waals surface area contributed by atoms with Gasteiger partial charge in [0, 0.05) is 17.6 Å². The second kappa shape index (κ2) is 6.84. The van der Waals surface area contributed by atoms with E-state index in [1.165, 1.54) is 16.8 Å². The summed E-state index contributed by atoms with van der Waals surface area (Å²) in [6, 6.07) is 10.5. The molecule has 1 aromatic carbocycles. The third kappa shape index (κ3) is 3.36. The van der Waals surface area contributed by atoms with Gasteiger partial charge in [0.25, 0.3) is 5.56 Å². The van der Waals surface area contributed by atoms with Crippen LogP contribution < -0.4 is 10.3 Å². The lowest BCUT2D eigenvalue weighted by atomic mass is 10.2. The van der Waals surface area contributed by atoms with E-state index in [-0.39, 0.29) is 23.7 Å². The molecule has 140 valence electrons. The molecule has 0 aliphatic carbocycles. The van der Waals surface area contributed by atoms with E-state index in [1.807, 2.05) is 0 Å². The van der Waals surface area contributed by atoms with Crippen LogP contribution >= 0.6 is 0 Å². The van der Waals surface area contributed by atoms with Crippen LogP contribution in [0.25, 0.3) is 10.9 Å². The van der Waals surface area contributed by atoms with Gasteiger partial charge in [-0.15, -0.1) is 0 Å². The summed E-state index contributed by atoms with van der Waals surface area (Å²) in [6.07, 6.45) is 1.55. The van der Waals surface area contributed by atoms with Crippen LogP contribution in [0.5, 0.6) is 0 Å². The van der Waals surface area contributed by atoms with Gasteiger partial charge in [0.1, 0.15) is 4.90 Å². The van der Waals surface area contributed by atoms with Crippen molar-refractivity contribution in [1.29, 1.82) is 0 Å². The van der Waals surface area contributed by atoms with Gasteiger partial charge in [-0.3, -0.25) is 9.78 Å². The van der Waals surface area contributed by atoms with Gasteiger partial charge in [0.2, 0.25) is 10.0 Å². The number of rotatable bonds is 4. The Hall–Kier alpha value is -2.62. The average molecular weight is 386 g/mol. The zero-order valence-corrected chi connectivity index (χ0v) is 15.4. The van der Waals surface area contributed by atoms with Crippen molar-refractivity contribution in [1.82, 2.24) is 19.5 Å². The number of nitrogens with zero attached hydrogens (tertiary/aromatic N) is 3. The highest BCUT2D eigenvalue weighted by Gasteiger charge is 2.35. The maximum atomic E-state index is 13.0. The van der Waals surface area contributed by atoms with Crippen LogP contribution in [0, 0.1) is 6.92 Å². The smallest absolute Gasteiger partial charge is 0.267 e. The van der Waals surface area contributed by atoms with Gasteiger partial charge in [-0.05, 0) is 25.1 Å². The fraction of sp³-hybridized carbons (Fsp3) is 0.278. The van der Waals surface area contributed by atoms with E-state index in [4.69, 9.17) is 4.74 Å². The maximum absolute atomic E-state index is 13.0. The van der Waals surface area contributed by atoms with Crippen LogP contribution in [0.4, 0.5) is 0 Å². The first-order valence-electron chi connectivity index (χ1n) is 8.46. The molecule has 2 aromatic heterocycles. The fourth-order valence-electron chi connectivity index (χ4n) is 3.21. The molecule has 1 fully saturated rings. The van der Waals surface area contributed by atoms with E-state index in [1.54, 1.807) is 43.5 Å². The van der Waals surface area contributed by atoms with Gasteiger partial charge in [-0.1, -0.05) is 18.2 Å². The minimum Gasteiger partial charge on any atom is -0.377 e. The summed E-state index contributed by atoms with van der Waals surface area (Å²) in [7, 11) is -3.87. The third-order valence-electron chi connectivity index (χ3n) is 4.51. The molecular formula is C18H18N4O4S. The minimum atomic E-state index is -3.87. The molecule has 27 heavy (non-hydrogen) atoms. The third-order valence-corrected chi connectivity index (χ3v) is 6.04. The number of ether oxygens (including phenoxy) is 1. The molecule has 9 heteroatoms. The van der Waals surface area contributed by atoms with Crippen LogP contribution in [0.2, 0.25) is 0 Å². The Morgan fingerprint density at radius 2 is 1.96 bits per heavy atom. The van der Waals surface area contributed by atoms with E-state index in [9.17, 15) is 13.2 Å². The normalized spacial score (nSPS) is 20.2. The number of nitrogens with one attached hydrogen (secondary N) is 1. The number of pyridine rings is 1. The highest BCUT2D eigenvalue weighted by atomic mass is 32.2. The molecule has 1 aliphatic rings. The largest absolute Gasteiger partial charge is 0.377 e. The van der Waals surface area contributed by atoms with Gasteiger partial charge in [-0.2, -0.15) is 5.10 Å². The van der Waals surface area contributed by atoms with Crippen molar-refractivity contribution in [3.63, 3.8) is 0 Å². The van der Waals surface area contributed by atoms with E-state index in [0.717, 1.165) is 5.39 Å². The number of hydrogen-bond acceptors (Lipinski definition) is 6. The number of aryl methyl sites for hydroxylation is 1. The molecule has 1 N–H and O–H groups in total. The molecule has 1 aliphatic heterocycles. The molecule has 0 radical (unpaired) electrons. The lowest BCUT2D eigenvalue weighted by Crippen LogP contribution is -2.44. The van der Waals surface area contributed by atoms with Crippen LogP contribution in [-0.2, 0) is 14.8 Å². The van der Waals surface area contributed by atoms with Crippen molar-refractivity contribution < 1.29 is 13.2 Å². The van der Waals surface area contributed by atoms with Crippen LogP contribution in [0.1, 0.15) is 11.7 Å². The van der Waals surface area contributed by atoms with Crippen molar-refractivity contribution >= 4 is 20.9 Å². The summed E-state index contributed by atoms with van der Waals surface area (Å²) < 4.78 is 35.4. The molecule has 2 atom stereocenters. The Bertz CT molecular complexity index is 1150. The Balaban J connectivity index is 1.69. The first-order valence-corrected chi connectivity index (χ1v) is 9.94. The monoisotopic (exact) mass is 386 g/mol. The summed E-state index contributed by atoms with van der Waals surface area (Å²) in [5.41, 5.74) is 0.766. The molecule has 3 heterocycles. The van der Waals surface area contributed by atoms with Gasteiger partial charge in [-0.25, -0.2) is 17.8 Å². The van der Waals surface area contributed by atoms with Crippen molar-refractivity contribution in [2.24, 2.45) is 0 Å². The first kappa shape index (κ1) is 17.8. The van der Waals surface area contributed by atoms with Gasteiger partial charge in [0.15, 0.2) is 0 Å². The highest BCUT2D eigenvalue weighted by molar-refractivity contribution is 7.89. The molecule has 0 bridgehead atoms. The number of fused-ring (bicyclic) bond motifs is 1. The topological polar surface area (TPSA) is 103 Å². The van der Waals surface area contributed by atoms with E-state index in [0.29, 0.717) is 11.2 Å². The van der Waals surface area contributed by atoms with Gasteiger partial charge in [0.05, 0.1) is 36.5 Å². The molecule has 0 saturated carbocycles.